The molecule has 7 aromatic rings. The van der Waals surface area contributed by atoms with E-state index in [0.29, 0.717) is 11.2 Å². The minimum Gasteiger partial charge on any atom is -0.480 e. The van der Waals surface area contributed by atoms with Crippen molar-refractivity contribution in [3.63, 3.8) is 0 Å². The predicted molar refractivity (Wildman–Crippen MR) is 222 cm³/mol. The van der Waals surface area contributed by atoms with E-state index in [9.17, 15) is 35.4 Å². The summed E-state index contributed by atoms with van der Waals surface area (Å²) in [6.45, 7) is -0.381. The third-order valence-corrected chi connectivity index (χ3v) is 12.2. The van der Waals surface area contributed by atoms with Gasteiger partial charge in [-0.3, -0.25) is 14.3 Å². The molecule has 3 aromatic carbocycles. The minimum absolute atomic E-state index is 0.0120. The molecule has 9 rings (SSSR count). The Kier molecular flexibility index (Phi) is 11.0. The lowest BCUT2D eigenvalue weighted by molar-refractivity contribution is -0.260. The van der Waals surface area contributed by atoms with Crippen LogP contribution in [0.3, 0.4) is 0 Å². The number of aliphatic carboxylic acids is 1. The predicted octanol–water partition coefficient (Wildman–Crippen LogP) is 1.33. The van der Waals surface area contributed by atoms with Crippen LogP contribution in [0.5, 0.6) is 0 Å². The second-order valence-electron chi connectivity index (χ2n) is 15.3. The Labute approximate surface area is 348 Å². The number of imidazole rings is 1. The Morgan fingerprint density at radius 3 is 2.48 bits per heavy atom. The largest absolute Gasteiger partial charge is 0.480 e. The van der Waals surface area contributed by atoms with Crippen molar-refractivity contribution in [2.75, 3.05) is 38.6 Å². The number of carbonyl (C=O) groups is 1. The number of aliphatic hydroxyl groups excluding tert-OH is 5. The highest BCUT2D eigenvalue weighted by molar-refractivity contribution is 9.10. The lowest BCUT2D eigenvalue weighted by Crippen LogP contribution is -2.58. The molecule has 0 radical (unpaired) electrons. The van der Waals surface area contributed by atoms with Gasteiger partial charge in [0.05, 0.1) is 36.1 Å². The molecular formula is C40H44BrN9O10. The Morgan fingerprint density at radius 2 is 1.68 bits per heavy atom. The maximum absolute atomic E-state index is 11.9. The number of nitrogens with zero attached hydrogens (tertiary/aromatic N) is 6. The Morgan fingerprint density at radius 1 is 0.917 bits per heavy atom. The van der Waals surface area contributed by atoms with Gasteiger partial charge in [0.15, 0.2) is 23.9 Å². The van der Waals surface area contributed by atoms with E-state index >= 15 is 0 Å². The van der Waals surface area contributed by atoms with Crippen LogP contribution in [0.25, 0.3) is 54.8 Å². The number of carboxylic acid groups (broad SMARTS) is 1. The van der Waals surface area contributed by atoms with Gasteiger partial charge in [-0.15, -0.1) is 0 Å². The number of anilines is 1. The molecule has 0 amide bonds. The van der Waals surface area contributed by atoms with Gasteiger partial charge in [0.1, 0.15) is 60.6 Å². The molecule has 0 bridgehead atoms. The highest BCUT2D eigenvalue weighted by Gasteiger charge is 2.48. The minimum atomic E-state index is -1.52. The van der Waals surface area contributed by atoms with E-state index in [4.69, 9.17) is 25.7 Å². The second kappa shape index (κ2) is 16.2. The van der Waals surface area contributed by atoms with Crippen LogP contribution < -0.4 is 11.5 Å². The van der Waals surface area contributed by atoms with Gasteiger partial charge in [-0.1, -0.05) is 46.3 Å². The maximum atomic E-state index is 11.9. The number of nitrogens with one attached hydrogen (secondary N) is 1. The lowest BCUT2D eigenvalue weighted by Gasteiger charge is -2.43. The molecule has 2 aliphatic heterocycles. The van der Waals surface area contributed by atoms with Crippen molar-refractivity contribution in [3.05, 3.63) is 71.7 Å². The van der Waals surface area contributed by atoms with E-state index in [0.717, 1.165) is 48.1 Å². The van der Waals surface area contributed by atoms with Crippen molar-refractivity contribution in [1.82, 2.24) is 34.0 Å². The quantitative estimate of drug-likeness (QED) is 0.0790. The molecule has 0 unspecified atom stereocenters. The number of nitrogen functional groups attached to an aromatic ring is 1. The number of hydrogen-bond donors (Lipinski definition) is 9. The normalized spacial score (nSPS) is 26.7. The number of aliphatic hydroxyl groups is 5. The number of nitrogens with two attached hydrogens (primary N) is 2. The van der Waals surface area contributed by atoms with Crippen molar-refractivity contribution in [2.24, 2.45) is 5.73 Å². The summed E-state index contributed by atoms with van der Waals surface area (Å²) in [6, 6.07) is 16.6. The van der Waals surface area contributed by atoms with Crippen molar-refractivity contribution >= 4 is 82.5 Å². The summed E-state index contributed by atoms with van der Waals surface area (Å²) in [6.07, 6.45) is -8.56. The Bertz CT molecular complexity index is 2710. The number of rotatable bonds is 13. The second-order valence-corrected chi connectivity index (χ2v) is 16.2. The molecule has 2 fully saturated rings. The van der Waals surface area contributed by atoms with Crippen LogP contribution in [0.1, 0.15) is 18.9 Å². The number of H-pyrrole nitrogens is 1. The van der Waals surface area contributed by atoms with Crippen LogP contribution in [-0.2, 0) is 19.0 Å². The average molecular weight is 891 g/mol. The summed E-state index contributed by atoms with van der Waals surface area (Å²) in [4.78, 5) is 29.3. The molecule has 19 nitrogen and oxygen atoms in total. The standard InChI is InChI=1S/C40H44BrN9O10/c41-18-5-8-25-22(13-18)21-7-6-20-19-3-1-2-4-24(19)47-28(20)30(21)50(25)39-34(55)32(53)35(27(15-51)60-39)58-12-11-48(10-9-23(42)40(56)57)14-26-31(52)33(54)38(59-26)49-17-46-29-36(43)44-16-45-37(29)49/h1-8,13,16-17,23,26-27,31-35,38-39,47,51-55H,9-12,14-15,42H2,(H,56,57)(H2,43,44,45)/t23-,26+,27+,31+,32+,33+,34+,35+,38+,39+/m0/s1. The fourth-order valence-electron chi connectivity index (χ4n) is 8.65. The summed E-state index contributed by atoms with van der Waals surface area (Å²) in [5.74, 6) is -1.05. The molecule has 2 aliphatic rings. The molecular weight excluding hydrogens is 846 g/mol. The van der Waals surface area contributed by atoms with Crippen LogP contribution in [0.4, 0.5) is 5.82 Å². The van der Waals surface area contributed by atoms with Crippen LogP contribution in [0, 0.1) is 0 Å². The number of halogens is 1. The molecule has 6 heterocycles. The number of para-hydroxylation sites is 1. The van der Waals surface area contributed by atoms with E-state index < -0.39 is 73.8 Å². The van der Waals surface area contributed by atoms with Gasteiger partial charge in [-0.05, 0) is 30.7 Å². The monoisotopic (exact) mass is 889 g/mol. The zero-order valence-corrected chi connectivity index (χ0v) is 33.5. The molecule has 316 valence electrons. The number of aromatic nitrogens is 6. The molecule has 11 N–H and O–H groups in total. The van der Waals surface area contributed by atoms with E-state index in [-0.39, 0.29) is 38.5 Å². The first-order valence-electron chi connectivity index (χ1n) is 19.5. The Balaban J connectivity index is 0.952. The number of fused-ring (bicyclic) bond motifs is 8. The van der Waals surface area contributed by atoms with Crippen LogP contribution in [-0.4, -0.2) is 152 Å². The first-order chi connectivity index (χ1) is 28.9. The molecule has 2 saturated heterocycles. The Hall–Kier alpha value is -4.84. The highest BCUT2D eigenvalue weighted by atomic mass is 79.9. The zero-order valence-electron chi connectivity index (χ0n) is 31.9. The number of hydrogen-bond acceptors (Lipinski definition) is 15. The molecule has 0 saturated carbocycles. The van der Waals surface area contributed by atoms with Crippen molar-refractivity contribution in [3.8, 4) is 0 Å². The SMILES string of the molecule is Nc1ncnc2c1ncn2[C@@H]1O[C@H](CN(CCO[C@H]2[C@H](O)[C@@H](O)[C@H](n3c4ccc(Br)cc4c4ccc5c6ccccc6[nH]c5c43)O[C@@H]2CO)CC[C@H](N)C(=O)O)[C@@H](O)[C@H]1O. The molecule has 10 atom stereocenters. The zero-order chi connectivity index (χ0) is 42.0. The van der Waals surface area contributed by atoms with E-state index in [1.807, 2.05) is 53.1 Å². The van der Waals surface area contributed by atoms with Gasteiger partial charge >= 0.3 is 5.97 Å². The molecule has 20 heteroatoms. The van der Waals surface area contributed by atoms with Gasteiger partial charge in [-0.2, -0.15) is 0 Å². The number of ether oxygens (including phenoxy) is 3. The maximum Gasteiger partial charge on any atom is 0.320 e. The van der Waals surface area contributed by atoms with Crippen molar-refractivity contribution in [2.45, 2.75) is 67.6 Å². The molecule has 0 aliphatic carbocycles. The summed E-state index contributed by atoms with van der Waals surface area (Å²) in [5.41, 5.74) is 15.6. The lowest BCUT2D eigenvalue weighted by atomic mass is 9.97. The third-order valence-electron chi connectivity index (χ3n) is 11.7. The number of benzene rings is 3. The highest BCUT2D eigenvalue weighted by Crippen LogP contribution is 2.42. The first kappa shape index (κ1) is 40.6. The van der Waals surface area contributed by atoms with Crippen LogP contribution in [0.2, 0.25) is 0 Å². The number of aromatic amines is 1. The molecule has 4 aromatic heterocycles. The van der Waals surface area contributed by atoms with E-state index in [1.165, 1.54) is 17.2 Å². The van der Waals surface area contributed by atoms with E-state index in [1.54, 1.807) is 4.90 Å². The third kappa shape index (κ3) is 6.96. The topological polar surface area (TPSA) is 286 Å². The fourth-order valence-corrected chi connectivity index (χ4v) is 9.02. The van der Waals surface area contributed by atoms with Gasteiger partial charge in [0, 0.05) is 51.2 Å². The van der Waals surface area contributed by atoms with Crippen LogP contribution in [0.15, 0.2) is 71.7 Å². The van der Waals surface area contributed by atoms with Crippen LogP contribution >= 0.6 is 15.9 Å². The summed E-state index contributed by atoms with van der Waals surface area (Å²) >= 11 is 3.59. The van der Waals surface area contributed by atoms with Gasteiger partial charge in [0.25, 0.3) is 0 Å². The van der Waals surface area contributed by atoms with Crippen molar-refractivity contribution in [1.29, 1.82) is 0 Å². The summed E-state index contributed by atoms with van der Waals surface area (Å²) < 4.78 is 23.0. The van der Waals surface area contributed by atoms with Crippen molar-refractivity contribution < 1.29 is 49.6 Å². The number of carboxylic acids is 1. The molecule has 60 heavy (non-hydrogen) atoms. The average Bonchev–Trinajstić information content (AvgIpc) is 4.00. The summed E-state index contributed by atoms with van der Waals surface area (Å²) in [7, 11) is 0. The first-order valence-corrected chi connectivity index (χ1v) is 20.3. The van der Waals surface area contributed by atoms with Gasteiger partial charge < -0.3 is 65.9 Å². The van der Waals surface area contributed by atoms with E-state index in [2.05, 4.69) is 41.9 Å². The smallest absolute Gasteiger partial charge is 0.320 e. The van der Waals surface area contributed by atoms with Gasteiger partial charge in [0.2, 0.25) is 0 Å². The summed E-state index contributed by atoms with van der Waals surface area (Å²) in [5, 5.41) is 69.7. The molecule has 0 spiro atoms. The van der Waals surface area contributed by atoms with Gasteiger partial charge in [-0.25, -0.2) is 15.0 Å². The fraction of sp³-hybridized carbons (Fsp3) is 0.400.